The highest BCUT2D eigenvalue weighted by atomic mass is 32.2. The van der Waals surface area contributed by atoms with E-state index < -0.39 is 0 Å². The largest absolute Gasteiger partial charge is 0.335 e. The van der Waals surface area contributed by atoms with Crippen LogP contribution in [0.2, 0.25) is 0 Å². The lowest BCUT2D eigenvalue weighted by atomic mass is 9.90. The molecule has 4 rings (SSSR count). The van der Waals surface area contributed by atoms with E-state index >= 15 is 0 Å². The standard InChI is InChI=1S/C25H25N3O2S/c1-18(29)28-14-12-20-6-2-3-7-23(20)24(28)15-25(30)27-21-8-10-22(11-9-21)31-17-19-5-4-13-26-16-19/h2-11,13,16,24H,12,14-15,17H2,1H3,(H,27,30). The van der Waals surface area contributed by atoms with E-state index in [9.17, 15) is 9.59 Å². The Morgan fingerprint density at radius 3 is 2.65 bits per heavy atom. The third-order valence-electron chi connectivity index (χ3n) is 5.46. The fraction of sp³-hybridized carbons (Fsp3) is 0.240. The summed E-state index contributed by atoms with van der Waals surface area (Å²) in [6.45, 7) is 2.22. The summed E-state index contributed by atoms with van der Waals surface area (Å²) in [6.07, 6.45) is 4.71. The molecule has 2 aromatic carbocycles. The minimum absolute atomic E-state index is 0.00213. The van der Waals surface area contributed by atoms with Crippen molar-refractivity contribution in [2.75, 3.05) is 11.9 Å². The molecule has 0 saturated carbocycles. The zero-order valence-electron chi connectivity index (χ0n) is 17.5. The fourth-order valence-electron chi connectivity index (χ4n) is 3.92. The first-order valence-corrected chi connectivity index (χ1v) is 11.4. The molecule has 31 heavy (non-hydrogen) atoms. The van der Waals surface area contributed by atoms with E-state index in [1.165, 1.54) is 11.1 Å². The van der Waals surface area contributed by atoms with E-state index in [0.29, 0.717) is 6.54 Å². The number of nitrogens with one attached hydrogen (secondary N) is 1. The lowest BCUT2D eigenvalue weighted by Gasteiger charge is -2.36. The molecule has 1 aromatic heterocycles. The second-order valence-electron chi connectivity index (χ2n) is 7.60. The molecule has 158 valence electrons. The number of benzene rings is 2. The first-order valence-electron chi connectivity index (χ1n) is 10.4. The Bertz CT molecular complexity index is 1050. The summed E-state index contributed by atoms with van der Waals surface area (Å²) < 4.78 is 0. The van der Waals surface area contributed by atoms with Crippen LogP contribution < -0.4 is 5.32 Å². The molecule has 0 aliphatic carbocycles. The SMILES string of the molecule is CC(=O)N1CCc2ccccc2C1CC(=O)Nc1ccc(SCc2cccnc2)cc1. The highest BCUT2D eigenvalue weighted by Gasteiger charge is 2.30. The van der Waals surface area contributed by atoms with Gasteiger partial charge in [0.15, 0.2) is 0 Å². The van der Waals surface area contributed by atoms with Gasteiger partial charge in [0, 0.05) is 42.2 Å². The molecule has 1 unspecified atom stereocenters. The summed E-state index contributed by atoms with van der Waals surface area (Å²) >= 11 is 1.73. The molecular formula is C25H25N3O2S. The van der Waals surface area contributed by atoms with Crippen LogP contribution in [0.3, 0.4) is 0 Å². The van der Waals surface area contributed by atoms with Crippen molar-refractivity contribution in [3.05, 3.63) is 89.7 Å². The van der Waals surface area contributed by atoms with Crippen LogP contribution in [0, 0.1) is 0 Å². The average molecular weight is 432 g/mol. The van der Waals surface area contributed by atoms with Gasteiger partial charge in [0.2, 0.25) is 11.8 Å². The number of hydrogen-bond donors (Lipinski definition) is 1. The number of fused-ring (bicyclic) bond motifs is 1. The van der Waals surface area contributed by atoms with E-state index in [4.69, 9.17) is 0 Å². The smallest absolute Gasteiger partial charge is 0.226 e. The van der Waals surface area contributed by atoms with Gasteiger partial charge in [-0.05, 0) is 53.4 Å². The number of anilines is 1. The number of amides is 2. The number of carbonyl (C=O) groups is 2. The molecule has 1 aliphatic heterocycles. The van der Waals surface area contributed by atoms with Crippen molar-refractivity contribution in [3.8, 4) is 0 Å². The number of hydrogen-bond acceptors (Lipinski definition) is 4. The maximum Gasteiger partial charge on any atom is 0.226 e. The first kappa shape index (κ1) is 21.1. The van der Waals surface area contributed by atoms with Gasteiger partial charge < -0.3 is 10.2 Å². The molecular weight excluding hydrogens is 406 g/mol. The third-order valence-corrected chi connectivity index (χ3v) is 6.55. The van der Waals surface area contributed by atoms with Crippen LogP contribution in [0.1, 0.15) is 36.1 Å². The first-order chi connectivity index (χ1) is 15.1. The molecule has 1 atom stereocenters. The van der Waals surface area contributed by atoms with Crippen LogP contribution >= 0.6 is 11.8 Å². The van der Waals surface area contributed by atoms with Gasteiger partial charge in [-0.3, -0.25) is 14.6 Å². The normalized spacial score (nSPS) is 15.3. The van der Waals surface area contributed by atoms with Crippen molar-refractivity contribution in [2.24, 2.45) is 0 Å². The molecule has 0 fully saturated rings. The van der Waals surface area contributed by atoms with Gasteiger partial charge in [-0.15, -0.1) is 11.8 Å². The van der Waals surface area contributed by atoms with Crippen LogP contribution in [-0.4, -0.2) is 28.2 Å². The van der Waals surface area contributed by atoms with Gasteiger partial charge in [-0.25, -0.2) is 0 Å². The number of pyridine rings is 1. The summed E-state index contributed by atoms with van der Waals surface area (Å²) in [6, 6.07) is 19.7. The summed E-state index contributed by atoms with van der Waals surface area (Å²) in [5, 5.41) is 2.98. The average Bonchev–Trinajstić information content (AvgIpc) is 2.79. The molecule has 0 saturated heterocycles. The Morgan fingerprint density at radius 1 is 1.10 bits per heavy atom. The lowest BCUT2D eigenvalue weighted by Crippen LogP contribution is -2.40. The number of carbonyl (C=O) groups excluding carboxylic acids is 2. The van der Waals surface area contributed by atoms with Gasteiger partial charge in [0.25, 0.3) is 0 Å². The fourth-order valence-corrected chi connectivity index (χ4v) is 4.75. The van der Waals surface area contributed by atoms with Gasteiger partial charge >= 0.3 is 0 Å². The predicted octanol–water partition coefficient (Wildman–Crippen LogP) is 4.85. The van der Waals surface area contributed by atoms with Gasteiger partial charge in [0.1, 0.15) is 0 Å². The third kappa shape index (κ3) is 5.33. The summed E-state index contributed by atoms with van der Waals surface area (Å²) in [7, 11) is 0. The molecule has 6 heteroatoms. The van der Waals surface area contributed by atoms with Gasteiger partial charge in [0.05, 0.1) is 12.5 Å². The molecule has 0 spiro atoms. The lowest BCUT2D eigenvalue weighted by molar-refractivity contribution is -0.132. The van der Waals surface area contributed by atoms with Gasteiger partial charge in [-0.2, -0.15) is 0 Å². The minimum atomic E-state index is -0.225. The predicted molar refractivity (Wildman–Crippen MR) is 124 cm³/mol. The Labute approximate surface area is 186 Å². The maximum atomic E-state index is 12.8. The highest BCUT2D eigenvalue weighted by Crippen LogP contribution is 2.32. The van der Waals surface area contributed by atoms with Crippen LogP contribution in [0.25, 0.3) is 0 Å². The molecule has 3 aromatic rings. The Kier molecular flexibility index (Phi) is 6.67. The zero-order valence-corrected chi connectivity index (χ0v) is 18.3. The topological polar surface area (TPSA) is 62.3 Å². The monoisotopic (exact) mass is 431 g/mol. The van der Waals surface area contributed by atoms with Crippen LogP contribution in [0.5, 0.6) is 0 Å². The van der Waals surface area contributed by atoms with Crippen LogP contribution in [-0.2, 0) is 21.8 Å². The summed E-state index contributed by atoms with van der Waals surface area (Å²) in [5.41, 5.74) is 4.22. The maximum absolute atomic E-state index is 12.8. The number of rotatable bonds is 6. The molecule has 1 N–H and O–H groups in total. The second-order valence-corrected chi connectivity index (χ2v) is 8.65. The number of aromatic nitrogens is 1. The highest BCUT2D eigenvalue weighted by molar-refractivity contribution is 7.98. The van der Waals surface area contributed by atoms with Crippen molar-refractivity contribution < 1.29 is 9.59 Å². The summed E-state index contributed by atoms with van der Waals surface area (Å²) in [4.78, 5) is 32.0. The quantitative estimate of drug-likeness (QED) is 0.567. The minimum Gasteiger partial charge on any atom is -0.335 e. The van der Waals surface area contributed by atoms with Gasteiger partial charge in [-0.1, -0.05) is 30.3 Å². The van der Waals surface area contributed by atoms with Crippen LogP contribution in [0.15, 0.2) is 78.0 Å². The zero-order chi connectivity index (χ0) is 21.6. The molecule has 2 heterocycles. The van der Waals surface area contributed by atoms with E-state index in [1.54, 1.807) is 29.8 Å². The van der Waals surface area contributed by atoms with E-state index in [-0.39, 0.29) is 24.3 Å². The van der Waals surface area contributed by atoms with E-state index in [1.807, 2.05) is 54.7 Å². The number of thioether (sulfide) groups is 1. The van der Waals surface area contributed by atoms with Crippen molar-refractivity contribution in [1.29, 1.82) is 0 Å². The molecule has 2 amide bonds. The van der Waals surface area contributed by atoms with Crippen LogP contribution in [0.4, 0.5) is 5.69 Å². The van der Waals surface area contributed by atoms with E-state index in [0.717, 1.165) is 28.3 Å². The number of nitrogens with zero attached hydrogens (tertiary/aromatic N) is 2. The second kappa shape index (κ2) is 9.79. The van der Waals surface area contributed by atoms with Crippen molar-refractivity contribution in [3.63, 3.8) is 0 Å². The molecule has 5 nitrogen and oxygen atoms in total. The van der Waals surface area contributed by atoms with E-state index in [2.05, 4.69) is 22.4 Å². The summed E-state index contributed by atoms with van der Waals surface area (Å²) in [5.74, 6) is 0.757. The Balaban J connectivity index is 1.38. The van der Waals surface area contributed by atoms with Crippen molar-refractivity contribution >= 4 is 29.3 Å². The Hall–Kier alpha value is -3.12. The van der Waals surface area contributed by atoms with Crippen molar-refractivity contribution in [1.82, 2.24) is 9.88 Å². The van der Waals surface area contributed by atoms with Crippen molar-refractivity contribution in [2.45, 2.75) is 36.5 Å². The molecule has 0 radical (unpaired) electrons. The molecule has 0 bridgehead atoms. The Morgan fingerprint density at radius 2 is 1.90 bits per heavy atom. The molecule has 1 aliphatic rings.